The fourth-order valence-electron chi connectivity index (χ4n) is 0.384. The summed E-state index contributed by atoms with van der Waals surface area (Å²) in [4.78, 5) is 11.2. The molecule has 0 bridgehead atoms. The SMILES string of the molecule is C=CCSP([O-])(=S)OCCC.[K+]. The van der Waals surface area contributed by atoms with Gasteiger partial charge >= 0.3 is 51.4 Å². The van der Waals surface area contributed by atoms with E-state index in [4.69, 9.17) is 16.3 Å². The first kappa shape index (κ1) is 16.7. The van der Waals surface area contributed by atoms with Gasteiger partial charge in [0, 0.05) is 11.4 Å². The van der Waals surface area contributed by atoms with Crippen molar-refractivity contribution < 1.29 is 60.8 Å². The zero-order valence-electron chi connectivity index (χ0n) is 7.49. The van der Waals surface area contributed by atoms with Gasteiger partial charge in [0.05, 0.1) is 6.61 Å². The van der Waals surface area contributed by atoms with E-state index in [2.05, 4.69) is 6.58 Å². The van der Waals surface area contributed by atoms with Gasteiger partial charge in [0.1, 0.15) is 0 Å². The van der Waals surface area contributed by atoms with Gasteiger partial charge in [0.15, 0.2) is 0 Å². The Balaban J connectivity index is 0. The zero-order valence-corrected chi connectivity index (χ0v) is 13.1. The summed E-state index contributed by atoms with van der Waals surface area (Å²) in [6, 6.07) is 0. The van der Waals surface area contributed by atoms with Gasteiger partial charge < -0.3 is 9.42 Å². The summed E-state index contributed by atoms with van der Waals surface area (Å²) < 4.78 is 4.97. The van der Waals surface area contributed by atoms with Gasteiger partial charge in [-0.1, -0.05) is 24.8 Å². The van der Waals surface area contributed by atoms with Crippen LogP contribution in [0.25, 0.3) is 0 Å². The van der Waals surface area contributed by atoms with Crippen molar-refractivity contribution in [1.29, 1.82) is 0 Å². The number of hydrogen-bond donors (Lipinski definition) is 0. The monoisotopic (exact) mass is 250 g/mol. The molecule has 0 fully saturated rings. The Hall–Kier alpha value is 2.30. The van der Waals surface area contributed by atoms with E-state index in [9.17, 15) is 4.89 Å². The summed E-state index contributed by atoms with van der Waals surface area (Å²) in [7, 11) is 0. The Morgan fingerprint density at radius 2 is 2.33 bits per heavy atom. The molecule has 0 aliphatic carbocycles. The Labute approximate surface area is 126 Å². The summed E-state index contributed by atoms with van der Waals surface area (Å²) in [5, 5.41) is 0. The van der Waals surface area contributed by atoms with E-state index in [1.54, 1.807) is 6.08 Å². The van der Waals surface area contributed by atoms with Crippen molar-refractivity contribution in [3.63, 3.8) is 0 Å². The maximum absolute atomic E-state index is 11.2. The largest absolute Gasteiger partial charge is 1.00 e. The molecular weight excluding hydrogens is 238 g/mol. The maximum atomic E-state index is 11.2. The third kappa shape index (κ3) is 10.4. The van der Waals surface area contributed by atoms with Gasteiger partial charge in [0.2, 0.25) is 0 Å². The minimum absolute atomic E-state index is 0. The van der Waals surface area contributed by atoms with Crippen LogP contribution in [0.1, 0.15) is 13.3 Å². The average Bonchev–Trinajstić information content (AvgIpc) is 1.97. The summed E-state index contributed by atoms with van der Waals surface area (Å²) in [6.45, 7) is 5.93. The first-order chi connectivity index (χ1) is 5.12. The molecular formula is C6H12KO2PS2. The summed E-state index contributed by atoms with van der Waals surface area (Å²) in [5.41, 5.74) is -2.80. The second kappa shape index (κ2) is 9.84. The minimum Gasteiger partial charge on any atom is -0.793 e. The van der Waals surface area contributed by atoms with Gasteiger partial charge in [-0.2, -0.15) is 0 Å². The van der Waals surface area contributed by atoms with Crippen LogP contribution in [0.3, 0.4) is 0 Å². The molecule has 0 aliphatic rings. The predicted octanol–water partition coefficient (Wildman–Crippen LogP) is -1.08. The summed E-state index contributed by atoms with van der Waals surface area (Å²) in [6.07, 6.45) is 2.51. The van der Waals surface area contributed by atoms with Crippen LogP contribution >= 0.6 is 17.1 Å². The molecule has 1 atom stereocenters. The normalized spacial score (nSPS) is 14.5. The molecule has 12 heavy (non-hydrogen) atoms. The Morgan fingerprint density at radius 3 is 2.75 bits per heavy atom. The molecule has 0 rings (SSSR count). The second-order valence-electron chi connectivity index (χ2n) is 1.86. The minimum atomic E-state index is -2.80. The van der Waals surface area contributed by atoms with E-state index >= 15 is 0 Å². The van der Waals surface area contributed by atoms with Gasteiger partial charge in [-0.25, -0.2) is 0 Å². The molecule has 6 heteroatoms. The van der Waals surface area contributed by atoms with E-state index in [-0.39, 0.29) is 51.4 Å². The van der Waals surface area contributed by atoms with Crippen LogP contribution in [0.15, 0.2) is 12.7 Å². The van der Waals surface area contributed by atoms with E-state index in [1.165, 1.54) is 0 Å². The fraction of sp³-hybridized carbons (Fsp3) is 0.667. The average molecular weight is 250 g/mol. The van der Waals surface area contributed by atoms with Crippen molar-refractivity contribution in [1.82, 2.24) is 0 Å². The molecule has 0 saturated carbocycles. The third-order valence-corrected chi connectivity index (χ3v) is 4.98. The molecule has 66 valence electrons. The summed E-state index contributed by atoms with van der Waals surface area (Å²) in [5.74, 6) is 0.588. The predicted molar refractivity (Wildman–Crippen MR) is 53.2 cm³/mol. The van der Waals surface area contributed by atoms with Gasteiger partial charge in [-0.3, -0.25) is 0 Å². The molecule has 0 aromatic rings. The van der Waals surface area contributed by atoms with E-state index in [0.29, 0.717) is 12.4 Å². The quantitative estimate of drug-likeness (QED) is 0.341. The van der Waals surface area contributed by atoms with Crippen LogP contribution in [0.4, 0.5) is 0 Å². The van der Waals surface area contributed by atoms with E-state index in [1.807, 2.05) is 6.92 Å². The number of rotatable bonds is 6. The molecule has 0 saturated heterocycles. The van der Waals surface area contributed by atoms with Crippen molar-refractivity contribution in [2.24, 2.45) is 0 Å². The van der Waals surface area contributed by atoms with Crippen molar-refractivity contribution in [3.05, 3.63) is 12.7 Å². The van der Waals surface area contributed by atoms with Gasteiger partial charge in [-0.15, -0.1) is 18.0 Å². The maximum Gasteiger partial charge on any atom is 1.00 e. The third-order valence-electron chi connectivity index (χ3n) is 0.804. The smallest absolute Gasteiger partial charge is 0.793 e. The van der Waals surface area contributed by atoms with Crippen LogP contribution in [-0.4, -0.2) is 12.4 Å². The molecule has 0 radical (unpaired) electrons. The first-order valence-electron chi connectivity index (χ1n) is 3.33. The summed E-state index contributed by atoms with van der Waals surface area (Å²) >= 11 is 5.87. The van der Waals surface area contributed by atoms with Gasteiger partial charge in [-0.05, 0) is 6.42 Å². The van der Waals surface area contributed by atoms with Crippen molar-refractivity contribution in [2.45, 2.75) is 13.3 Å². The Morgan fingerprint density at radius 1 is 1.75 bits per heavy atom. The van der Waals surface area contributed by atoms with Crippen LogP contribution in [0.5, 0.6) is 0 Å². The molecule has 1 unspecified atom stereocenters. The van der Waals surface area contributed by atoms with Crippen LogP contribution in [-0.2, 0) is 16.3 Å². The molecule has 2 nitrogen and oxygen atoms in total. The first-order valence-corrected chi connectivity index (χ1v) is 7.56. The molecule has 0 aromatic carbocycles. The van der Waals surface area contributed by atoms with Crippen LogP contribution in [0.2, 0.25) is 0 Å². The Kier molecular flexibility index (Phi) is 13.7. The van der Waals surface area contributed by atoms with Crippen molar-refractivity contribution in [2.75, 3.05) is 12.4 Å². The van der Waals surface area contributed by atoms with Crippen molar-refractivity contribution >= 4 is 28.9 Å². The van der Waals surface area contributed by atoms with Gasteiger partial charge in [0.25, 0.3) is 0 Å². The topological polar surface area (TPSA) is 32.3 Å². The number of hydrogen-bond acceptors (Lipinski definition) is 4. The fourth-order valence-corrected chi connectivity index (χ4v) is 3.24. The van der Waals surface area contributed by atoms with Crippen LogP contribution in [0, 0.1) is 0 Å². The molecule has 0 amide bonds. The Bertz CT molecular complexity index is 166. The molecule has 0 aliphatic heterocycles. The van der Waals surface area contributed by atoms with E-state index in [0.717, 1.165) is 17.8 Å². The second-order valence-corrected chi connectivity index (χ2v) is 7.96. The molecule has 0 spiro atoms. The standard InChI is InChI=1S/C6H13O2PS2.K/c1-3-5-8-9(7,10)11-6-4-2;/h4H,2-3,5-6H2,1H3,(H,7,10);/q;+1/p-1. The molecule has 0 heterocycles. The van der Waals surface area contributed by atoms with E-state index < -0.39 is 5.69 Å². The van der Waals surface area contributed by atoms with Crippen molar-refractivity contribution in [3.8, 4) is 0 Å². The molecule has 0 aromatic heterocycles. The zero-order chi connectivity index (χ0) is 8.74. The molecule has 0 N–H and O–H groups in total. The van der Waals surface area contributed by atoms with Crippen LogP contribution < -0.4 is 56.3 Å².